The van der Waals surface area contributed by atoms with Gasteiger partial charge in [-0.25, -0.2) is 0 Å². The van der Waals surface area contributed by atoms with Crippen molar-refractivity contribution in [2.24, 2.45) is 0 Å². The molecule has 3 nitrogen and oxygen atoms in total. The molecule has 0 bridgehead atoms. The van der Waals surface area contributed by atoms with Gasteiger partial charge in [-0.2, -0.15) is 0 Å². The molecule has 0 fully saturated rings. The number of likely N-dealkylation sites (N-methyl/N-ethyl adjacent to an activating group) is 1. The van der Waals surface area contributed by atoms with Crippen molar-refractivity contribution in [3.63, 3.8) is 0 Å². The molecule has 0 unspecified atom stereocenters. The minimum absolute atomic E-state index is 0.134. The number of nitrogens with zero attached hydrogens (tertiary/aromatic N) is 1. The summed E-state index contributed by atoms with van der Waals surface area (Å²) in [6.07, 6.45) is 0. The van der Waals surface area contributed by atoms with E-state index in [4.69, 9.17) is 4.74 Å². The van der Waals surface area contributed by atoms with Crippen molar-refractivity contribution in [2.75, 3.05) is 25.6 Å². The average molecular weight is 263 g/mol. The molecule has 0 saturated heterocycles. The monoisotopic (exact) mass is 263 g/mol. The van der Waals surface area contributed by atoms with Gasteiger partial charge in [-0.05, 0) is 36.0 Å². The predicted octanol–water partition coefficient (Wildman–Crippen LogP) is 3.21. The van der Waals surface area contributed by atoms with Crippen LogP contribution in [0.3, 0.4) is 0 Å². The molecule has 0 atom stereocenters. The Morgan fingerprint density at radius 2 is 1.68 bits per heavy atom. The molecule has 19 heavy (non-hydrogen) atoms. The lowest BCUT2D eigenvalue weighted by Gasteiger charge is -2.26. The van der Waals surface area contributed by atoms with E-state index < -0.39 is 0 Å². The van der Waals surface area contributed by atoms with Gasteiger partial charge in [0.15, 0.2) is 0 Å². The number of esters is 1. The maximum absolute atomic E-state index is 11.4. The van der Waals surface area contributed by atoms with Crippen molar-refractivity contribution in [1.82, 2.24) is 0 Å². The van der Waals surface area contributed by atoms with Gasteiger partial charge in [0, 0.05) is 12.7 Å². The summed E-state index contributed by atoms with van der Waals surface area (Å²) in [6, 6.07) is 4.41. The Kier molecular flexibility index (Phi) is 4.61. The number of methoxy groups -OCH3 is 1. The van der Waals surface area contributed by atoms with E-state index in [0.717, 1.165) is 5.69 Å². The molecule has 3 heteroatoms. The van der Waals surface area contributed by atoms with Gasteiger partial charge in [0.2, 0.25) is 0 Å². The summed E-state index contributed by atoms with van der Waals surface area (Å²) >= 11 is 0. The lowest BCUT2D eigenvalue weighted by molar-refractivity contribution is -0.138. The highest BCUT2D eigenvalue weighted by atomic mass is 16.5. The Labute approximate surface area is 116 Å². The third kappa shape index (κ3) is 3.72. The minimum atomic E-state index is -0.221. The molecule has 1 aromatic carbocycles. The summed E-state index contributed by atoms with van der Waals surface area (Å²) in [5, 5.41) is 0. The Bertz CT molecular complexity index is 449. The van der Waals surface area contributed by atoms with E-state index in [1.54, 1.807) is 0 Å². The highest BCUT2D eigenvalue weighted by Gasteiger charge is 2.18. The van der Waals surface area contributed by atoms with E-state index in [1.807, 2.05) is 11.9 Å². The van der Waals surface area contributed by atoms with Crippen molar-refractivity contribution >= 4 is 11.7 Å². The zero-order valence-electron chi connectivity index (χ0n) is 13.1. The molecular formula is C16H25NO2. The molecule has 106 valence electrons. The number of ether oxygens (including phenoxy) is 1. The van der Waals surface area contributed by atoms with Crippen LogP contribution in [-0.4, -0.2) is 26.7 Å². The van der Waals surface area contributed by atoms with Crippen molar-refractivity contribution < 1.29 is 9.53 Å². The molecule has 0 aliphatic rings. The number of hydrogen-bond acceptors (Lipinski definition) is 3. The van der Waals surface area contributed by atoms with E-state index >= 15 is 0 Å². The third-order valence-corrected chi connectivity index (χ3v) is 3.33. The third-order valence-electron chi connectivity index (χ3n) is 3.33. The van der Waals surface area contributed by atoms with Crippen LogP contribution in [0.25, 0.3) is 0 Å². The molecule has 0 saturated carbocycles. The van der Waals surface area contributed by atoms with E-state index in [0.29, 0.717) is 0 Å². The summed E-state index contributed by atoms with van der Waals surface area (Å²) in [4.78, 5) is 13.3. The molecule has 1 rings (SSSR count). The van der Waals surface area contributed by atoms with Crippen LogP contribution in [-0.2, 0) is 14.9 Å². The molecule has 0 aromatic heterocycles. The number of carbonyl (C=O) groups is 1. The molecule has 0 spiro atoms. The first-order valence-electron chi connectivity index (χ1n) is 6.56. The van der Waals surface area contributed by atoms with Gasteiger partial charge in [-0.15, -0.1) is 0 Å². The highest BCUT2D eigenvalue weighted by Crippen LogP contribution is 2.31. The SMILES string of the molecule is COC(=O)CN(C)c1c(C)cc(C(C)(C)C)cc1C. The Morgan fingerprint density at radius 1 is 1.21 bits per heavy atom. The van der Waals surface area contributed by atoms with Crippen molar-refractivity contribution in [1.29, 1.82) is 0 Å². The lowest BCUT2D eigenvalue weighted by Crippen LogP contribution is -2.28. The first kappa shape index (κ1) is 15.5. The second-order valence-corrected chi connectivity index (χ2v) is 6.14. The van der Waals surface area contributed by atoms with Gasteiger partial charge in [-0.1, -0.05) is 32.9 Å². The number of hydrogen-bond donors (Lipinski definition) is 0. The van der Waals surface area contributed by atoms with Crippen molar-refractivity contribution in [2.45, 2.75) is 40.0 Å². The fourth-order valence-corrected chi connectivity index (χ4v) is 2.33. The number of aryl methyl sites for hydroxylation is 2. The van der Waals surface area contributed by atoms with Crippen LogP contribution in [0.4, 0.5) is 5.69 Å². The molecule has 0 radical (unpaired) electrons. The van der Waals surface area contributed by atoms with Gasteiger partial charge in [0.05, 0.1) is 7.11 Å². The van der Waals surface area contributed by atoms with Gasteiger partial charge >= 0.3 is 5.97 Å². The van der Waals surface area contributed by atoms with Crippen LogP contribution in [0, 0.1) is 13.8 Å². The quantitative estimate of drug-likeness (QED) is 0.784. The number of benzene rings is 1. The fourth-order valence-electron chi connectivity index (χ4n) is 2.33. The van der Waals surface area contributed by atoms with E-state index in [2.05, 4.69) is 46.8 Å². The average Bonchev–Trinajstić information content (AvgIpc) is 2.26. The zero-order valence-corrected chi connectivity index (χ0v) is 13.1. The summed E-state index contributed by atoms with van der Waals surface area (Å²) in [7, 11) is 3.33. The van der Waals surface area contributed by atoms with Crippen LogP contribution in [0.15, 0.2) is 12.1 Å². The Morgan fingerprint density at radius 3 is 2.05 bits per heavy atom. The largest absolute Gasteiger partial charge is 0.468 e. The Hall–Kier alpha value is -1.51. The normalized spacial score (nSPS) is 11.3. The minimum Gasteiger partial charge on any atom is -0.468 e. The number of carbonyl (C=O) groups excluding carboxylic acids is 1. The van der Waals surface area contributed by atoms with E-state index in [9.17, 15) is 4.79 Å². The lowest BCUT2D eigenvalue weighted by atomic mass is 9.84. The van der Waals surface area contributed by atoms with Gasteiger partial charge in [-0.3, -0.25) is 4.79 Å². The van der Waals surface area contributed by atoms with Crippen LogP contribution in [0.2, 0.25) is 0 Å². The topological polar surface area (TPSA) is 29.5 Å². The first-order valence-corrected chi connectivity index (χ1v) is 6.56. The van der Waals surface area contributed by atoms with Crippen LogP contribution in [0.1, 0.15) is 37.5 Å². The van der Waals surface area contributed by atoms with Gasteiger partial charge in [0.25, 0.3) is 0 Å². The molecule has 0 aliphatic heterocycles. The van der Waals surface area contributed by atoms with Crippen LogP contribution in [0.5, 0.6) is 0 Å². The second kappa shape index (κ2) is 5.64. The van der Waals surface area contributed by atoms with Gasteiger partial charge in [0.1, 0.15) is 6.54 Å². The maximum atomic E-state index is 11.4. The Balaban J connectivity index is 3.13. The fraction of sp³-hybridized carbons (Fsp3) is 0.562. The van der Waals surface area contributed by atoms with Gasteiger partial charge < -0.3 is 9.64 Å². The van der Waals surface area contributed by atoms with E-state index in [-0.39, 0.29) is 17.9 Å². The molecule has 0 amide bonds. The molecule has 1 aromatic rings. The second-order valence-electron chi connectivity index (χ2n) is 6.14. The molecule has 0 aliphatic carbocycles. The van der Waals surface area contributed by atoms with Crippen molar-refractivity contribution in [3.05, 3.63) is 28.8 Å². The van der Waals surface area contributed by atoms with Crippen LogP contribution >= 0.6 is 0 Å². The number of rotatable bonds is 3. The molecular weight excluding hydrogens is 238 g/mol. The molecule has 0 heterocycles. The summed E-state index contributed by atoms with van der Waals surface area (Å²) < 4.78 is 4.72. The highest BCUT2D eigenvalue weighted by molar-refractivity contribution is 5.76. The predicted molar refractivity (Wildman–Crippen MR) is 79.9 cm³/mol. The zero-order chi connectivity index (χ0) is 14.8. The standard InChI is InChI=1S/C16H25NO2/c1-11-8-13(16(3,4)5)9-12(2)15(11)17(6)10-14(18)19-7/h8-9H,10H2,1-7H3. The number of anilines is 1. The first-order chi connectivity index (χ1) is 8.66. The smallest absolute Gasteiger partial charge is 0.325 e. The maximum Gasteiger partial charge on any atom is 0.325 e. The summed E-state index contributed by atoms with van der Waals surface area (Å²) in [5.74, 6) is -0.221. The summed E-state index contributed by atoms with van der Waals surface area (Å²) in [5.41, 5.74) is 4.94. The molecule has 0 N–H and O–H groups in total. The van der Waals surface area contributed by atoms with Crippen LogP contribution < -0.4 is 4.90 Å². The van der Waals surface area contributed by atoms with Crippen molar-refractivity contribution in [3.8, 4) is 0 Å². The summed E-state index contributed by atoms with van der Waals surface area (Å²) in [6.45, 7) is 11.1. The van der Waals surface area contributed by atoms with E-state index in [1.165, 1.54) is 23.8 Å².